The average molecular weight is 384 g/mol. The molecule has 10 heteroatoms. The van der Waals surface area contributed by atoms with Gasteiger partial charge in [-0.05, 0) is 18.5 Å². The molecule has 2 rings (SSSR count). The Labute approximate surface area is 153 Å². The Hall–Kier alpha value is -2.04. The number of hydrogen-bond donors (Lipinski definition) is 0. The molecule has 1 aromatic rings. The number of benzene rings is 1. The summed E-state index contributed by atoms with van der Waals surface area (Å²) in [6.45, 7) is 2.18. The standard InChI is InChI=1S/C16H24N4O5S/c1-17(2)16(21)12-18-8-3-9-19(11-10-18)26(24,25)13-14-4-6-15(7-5-14)20(22)23/h4-7H,3,8-13H2,1-2H3. The number of nitrogens with zero attached hydrogens (tertiary/aromatic N) is 4. The Morgan fingerprint density at radius 1 is 1.15 bits per heavy atom. The van der Waals surface area contributed by atoms with Crippen molar-refractivity contribution in [2.75, 3.05) is 46.8 Å². The number of hydrogen-bond acceptors (Lipinski definition) is 6. The zero-order valence-corrected chi connectivity index (χ0v) is 15.8. The molecule has 144 valence electrons. The number of amides is 1. The maximum atomic E-state index is 12.7. The van der Waals surface area contributed by atoms with Crippen molar-refractivity contribution in [3.63, 3.8) is 0 Å². The van der Waals surface area contributed by atoms with E-state index in [4.69, 9.17) is 0 Å². The van der Waals surface area contributed by atoms with E-state index < -0.39 is 14.9 Å². The third kappa shape index (κ3) is 5.48. The Balaban J connectivity index is 1.98. The number of carbonyl (C=O) groups is 1. The van der Waals surface area contributed by atoms with Crippen LogP contribution in [0.15, 0.2) is 24.3 Å². The van der Waals surface area contributed by atoms with Crippen LogP contribution >= 0.6 is 0 Å². The van der Waals surface area contributed by atoms with Gasteiger partial charge in [0.05, 0.1) is 17.2 Å². The lowest BCUT2D eigenvalue weighted by molar-refractivity contribution is -0.384. The number of nitro benzene ring substituents is 1. The van der Waals surface area contributed by atoms with Crippen molar-refractivity contribution in [2.45, 2.75) is 12.2 Å². The van der Waals surface area contributed by atoms with E-state index in [0.29, 0.717) is 38.2 Å². The minimum Gasteiger partial charge on any atom is -0.348 e. The fraction of sp³-hybridized carbons (Fsp3) is 0.562. The minimum absolute atomic E-state index is 0.00723. The largest absolute Gasteiger partial charge is 0.348 e. The van der Waals surface area contributed by atoms with Crippen LogP contribution < -0.4 is 0 Å². The summed E-state index contributed by atoms with van der Waals surface area (Å²) < 4.78 is 26.8. The molecule has 1 aliphatic heterocycles. The first-order valence-electron chi connectivity index (χ1n) is 8.33. The summed E-state index contributed by atoms with van der Waals surface area (Å²) in [5, 5.41) is 10.7. The van der Waals surface area contributed by atoms with Crippen molar-refractivity contribution in [3.05, 3.63) is 39.9 Å². The van der Waals surface area contributed by atoms with Crippen LogP contribution in [0.5, 0.6) is 0 Å². The third-order valence-corrected chi connectivity index (χ3v) is 6.14. The predicted molar refractivity (Wildman–Crippen MR) is 97.0 cm³/mol. The van der Waals surface area contributed by atoms with E-state index in [0.717, 1.165) is 0 Å². The van der Waals surface area contributed by atoms with E-state index in [1.807, 2.05) is 4.90 Å². The molecule has 0 N–H and O–H groups in total. The molecule has 1 amide bonds. The third-order valence-electron chi connectivity index (χ3n) is 4.29. The predicted octanol–water partition coefficient (Wildman–Crippen LogP) is 0.521. The lowest BCUT2D eigenvalue weighted by Gasteiger charge is -2.22. The van der Waals surface area contributed by atoms with Crippen LogP contribution in [-0.2, 0) is 20.6 Å². The number of nitro groups is 1. The van der Waals surface area contributed by atoms with Crippen molar-refractivity contribution in [1.82, 2.24) is 14.1 Å². The van der Waals surface area contributed by atoms with Gasteiger partial charge in [-0.15, -0.1) is 0 Å². The summed E-state index contributed by atoms with van der Waals surface area (Å²) in [7, 11) is -0.128. The molecular formula is C16H24N4O5S. The van der Waals surface area contributed by atoms with Crippen LogP contribution in [0.3, 0.4) is 0 Å². The number of rotatable bonds is 6. The fourth-order valence-electron chi connectivity index (χ4n) is 2.73. The lowest BCUT2D eigenvalue weighted by Crippen LogP contribution is -2.39. The van der Waals surface area contributed by atoms with Crippen molar-refractivity contribution in [3.8, 4) is 0 Å². The van der Waals surface area contributed by atoms with Crippen molar-refractivity contribution >= 4 is 21.6 Å². The van der Waals surface area contributed by atoms with Crippen molar-refractivity contribution in [2.24, 2.45) is 0 Å². The second-order valence-corrected chi connectivity index (χ2v) is 8.47. The Morgan fingerprint density at radius 2 is 1.81 bits per heavy atom. The zero-order chi connectivity index (χ0) is 19.3. The molecule has 0 saturated carbocycles. The highest BCUT2D eigenvalue weighted by atomic mass is 32.2. The van der Waals surface area contributed by atoms with Crippen LogP contribution in [0.4, 0.5) is 5.69 Å². The van der Waals surface area contributed by atoms with Crippen LogP contribution in [0.1, 0.15) is 12.0 Å². The van der Waals surface area contributed by atoms with Gasteiger partial charge in [-0.1, -0.05) is 12.1 Å². The summed E-state index contributed by atoms with van der Waals surface area (Å²) in [5.41, 5.74) is 0.446. The summed E-state index contributed by atoms with van der Waals surface area (Å²) in [6, 6.07) is 5.55. The number of sulfonamides is 1. The normalized spacial score (nSPS) is 16.8. The molecule has 26 heavy (non-hydrogen) atoms. The van der Waals surface area contributed by atoms with Gasteiger partial charge in [-0.2, -0.15) is 0 Å². The summed E-state index contributed by atoms with van der Waals surface area (Å²) in [4.78, 5) is 25.5. The average Bonchev–Trinajstić information content (AvgIpc) is 2.81. The second-order valence-electron chi connectivity index (χ2n) is 6.50. The first-order valence-corrected chi connectivity index (χ1v) is 9.93. The van der Waals surface area contributed by atoms with Crippen LogP contribution in [-0.4, -0.2) is 80.2 Å². The van der Waals surface area contributed by atoms with E-state index in [-0.39, 0.29) is 23.9 Å². The molecule has 1 fully saturated rings. The topological polar surface area (TPSA) is 104 Å². The van der Waals surface area contributed by atoms with E-state index in [9.17, 15) is 23.3 Å². The highest BCUT2D eigenvalue weighted by Crippen LogP contribution is 2.17. The molecule has 0 aromatic heterocycles. The van der Waals surface area contributed by atoms with E-state index in [1.54, 1.807) is 14.1 Å². The van der Waals surface area contributed by atoms with Gasteiger partial charge >= 0.3 is 0 Å². The van der Waals surface area contributed by atoms with Gasteiger partial charge in [0.15, 0.2) is 0 Å². The van der Waals surface area contributed by atoms with Gasteiger partial charge in [-0.25, -0.2) is 12.7 Å². The molecule has 1 aromatic carbocycles. The van der Waals surface area contributed by atoms with Gasteiger partial charge < -0.3 is 4.90 Å². The van der Waals surface area contributed by atoms with Gasteiger partial charge in [-0.3, -0.25) is 19.8 Å². The Kier molecular flexibility index (Phi) is 6.68. The maximum Gasteiger partial charge on any atom is 0.269 e. The smallest absolute Gasteiger partial charge is 0.269 e. The monoisotopic (exact) mass is 384 g/mol. The molecular weight excluding hydrogens is 360 g/mol. The fourth-order valence-corrected chi connectivity index (χ4v) is 4.30. The second kappa shape index (κ2) is 8.56. The summed E-state index contributed by atoms with van der Waals surface area (Å²) in [5.74, 6) is -0.200. The molecule has 0 unspecified atom stereocenters. The quantitative estimate of drug-likeness (QED) is 0.523. The minimum atomic E-state index is -3.52. The number of carbonyl (C=O) groups excluding carboxylic acids is 1. The summed E-state index contributed by atoms with van der Waals surface area (Å²) in [6.07, 6.45) is 0.653. The molecule has 1 aliphatic rings. The van der Waals surface area contributed by atoms with Crippen molar-refractivity contribution in [1.29, 1.82) is 0 Å². The van der Waals surface area contributed by atoms with Crippen LogP contribution in [0, 0.1) is 10.1 Å². The highest BCUT2D eigenvalue weighted by molar-refractivity contribution is 7.88. The number of non-ortho nitro benzene ring substituents is 1. The molecule has 9 nitrogen and oxygen atoms in total. The molecule has 0 bridgehead atoms. The maximum absolute atomic E-state index is 12.7. The van der Waals surface area contributed by atoms with E-state index in [2.05, 4.69) is 0 Å². The molecule has 1 heterocycles. The van der Waals surface area contributed by atoms with Crippen LogP contribution in [0.25, 0.3) is 0 Å². The molecule has 0 atom stereocenters. The first kappa shape index (κ1) is 20.3. The summed E-state index contributed by atoms with van der Waals surface area (Å²) >= 11 is 0. The SMILES string of the molecule is CN(C)C(=O)CN1CCCN(S(=O)(=O)Cc2ccc([N+](=O)[O-])cc2)CC1. The highest BCUT2D eigenvalue weighted by Gasteiger charge is 2.26. The zero-order valence-electron chi connectivity index (χ0n) is 15.0. The lowest BCUT2D eigenvalue weighted by atomic mass is 10.2. The Bertz CT molecular complexity index is 748. The van der Waals surface area contributed by atoms with Gasteiger partial charge in [0.1, 0.15) is 0 Å². The van der Waals surface area contributed by atoms with Gasteiger partial charge in [0.2, 0.25) is 15.9 Å². The first-order chi connectivity index (χ1) is 12.2. The van der Waals surface area contributed by atoms with Crippen molar-refractivity contribution < 1.29 is 18.1 Å². The van der Waals surface area contributed by atoms with E-state index in [1.165, 1.54) is 33.5 Å². The van der Waals surface area contributed by atoms with Gasteiger partial charge in [0, 0.05) is 45.9 Å². The van der Waals surface area contributed by atoms with E-state index >= 15 is 0 Å². The molecule has 0 radical (unpaired) electrons. The van der Waals surface area contributed by atoms with Crippen LogP contribution in [0.2, 0.25) is 0 Å². The molecule has 1 saturated heterocycles. The Morgan fingerprint density at radius 3 is 2.38 bits per heavy atom. The molecule has 0 spiro atoms. The number of likely N-dealkylation sites (N-methyl/N-ethyl adjacent to an activating group) is 1. The molecule has 0 aliphatic carbocycles. The van der Waals surface area contributed by atoms with Gasteiger partial charge in [0.25, 0.3) is 5.69 Å².